The summed E-state index contributed by atoms with van der Waals surface area (Å²) in [4.78, 5) is 15.5. The van der Waals surface area contributed by atoms with Crippen molar-refractivity contribution in [3.8, 4) is 0 Å². The fraction of sp³-hybridized carbons (Fsp3) is 0.400. The number of anilines is 1. The van der Waals surface area contributed by atoms with E-state index in [1.54, 1.807) is 6.07 Å². The molecular weight excluding hydrogens is 260 g/mol. The molecule has 1 aromatic rings. The van der Waals surface area contributed by atoms with Gasteiger partial charge in [-0.15, -0.1) is 0 Å². The van der Waals surface area contributed by atoms with E-state index in [1.807, 2.05) is 20.8 Å². The van der Waals surface area contributed by atoms with Gasteiger partial charge in [0.1, 0.15) is 16.0 Å². The number of pyridine rings is 1. The Morgan fingerprint density at radius 1 is 1.47 bits per heavy atom. The van der Waals surface area contributed by atoms with Crippen LogP contribution in [0.15, 0.2) is 16.7 Å². The summed E-state index contributed by atoms with van der Waals surface area (Å²) >= 11 is 3.16. The van der Waals surface area contributed by atoms with Crippen LogP contribution in [0.4, 0.5) is 5.82 Å². The summed E-state index contributed by atoms with van der Waals surface area (Å²) in [5.74, 6) is -0.123. The van der Waals surface area contributed by atoms with E-state index >= 15 is 0 Å². The van der Waals surface area contributed by atoms with Gasteiger partial charge in [0, 0.05) is 0 Å². The minimum Gasteiger partial charge on any atom is -0.456 e. The average Bonchev–Trinajstić information content (AvgIpc) is 1.98. The summed E-state index contributed by atoms with van der Waals surface area (Å²) < 4.78 is 5.71. The van der Waals surface area contributed by atoms with Crippen molar-refractivity contribution in [3.63, 3.8) is 0 Å². The fourth-order valence-electron chi connectivity index (χ4n) is 0.972. The highest BCUT2D eigenvalue weighted by molar-refractivity contribution is 9.10. The topological polar surface area (TPSA) is 65.2 Å². The third kappa shape index (κ3) is 3.87. The molecule has 0 bridgehead atoms. The van der Waals surface area contributed by atoms with Crippen molar-refractivity contribution >= 4 is 27.7 Å². The van der Waals surface area contributed by atoms with Crippen molar-refractivity contribution in [2.24, 2.45) is 0 Å². The second kappa shape index (κ2) is 4.18. The summed E-state index contributed by atoms with van der Waals surface area (Å²) in [6, 6.07) is 3.06. The van der Waals surface area contributed by atoms with Gasteiger partial charge in [0.05, 0.1) is 5.56 Å². The number of hydrogen-bond donors (Lipinski definition) is 1. The number of nitrogens with two attached hydrogens (primary N) is 1. The zero-order valence-corrected chi connectivity index (χ0v) is 10.5. The molecule has 4 nitrogen and oxygen atoms in total. The maximum Gasteiger partial charge on any atom is 0.338 e. The van der Waals surface area contributed by atoms with Gasteiger partial charge in [-0.1, -0.05) is 0 Å². The lowest BCUT2D eigenvalue weighted by Gasteiger charge is -2.19. The zero-order valence-electron chi connectivity index (χ0n) is 8.87. The number of nitrogens with zero attached hydrogens (tertiary/aromatic N) is 1. The van der Waals surface area contributed by atoms with Crippen LogP contribution in [0.5, 0.6) is 0 Å². The molecule has 0 aliphatic carbocycles. The van der Waals surface area contributed by atoms with Gasteiger partial charge in [0.2, 0.25) is 0 Å². The second-order valence-electron chi connectivity index (χ2n) is 4.11. The monoisotopic (exact) mass is 272 g/mol. The van der Waals surface area contributed by atoms with E-state index in [9.17, 15) is 4.79 Å². The highest BCUT2D eigenvalue weighted by Crippen LogP contribution is 2.16. The SMILES string of the molecule is CC(C)(C)OC(=O)c1cc(N)nc(Br)c1. The van der Waals surface area contributed by atoms with E-state index < -0.39 is 11.6 Å². The minimum absolute atomic E-state index is 0.283. The van der Waals surface area contributed by atoms with Crippen LogP contribution in [-0.2, 0) is 4.74 Å². The molecule has 82 valence electrons. The number of carbonyl (C=O) groups excluding carboxylic acids is 1. The summed E-state index contributed by atoms with van der Waals surface area (Å²) in [5, 5.41) is 0. The molecule has 2 N–H and O–H groups in total. The van der Waals surface area contributed by atoms with Gasteiger partial charge in [0.15, 0.2) is 0 Å². The minimum atomic E-state index is -0.512. The van der Waals surface area contributed by atoms with E-state index in [2.05, 4.69) is 20.9 Å². The number of ether oxygens (including phenoxy) is 1. The predicted octanol–water partition coefficient (Wildman–Crippen LogP) is 2.38. The van der Waals surface area contributed by atoms with Crippen LogP contribution in [0.2, 0.25) is 0 Å². The molecule has 0 unspecified atom stereocenters. The first-order valence-electron chi connectivity index (χ1n) is 4.44. The number of nitrogen functional groups attached to an aromatic ring is 1. The van der Waals surface area contributed by atoms with Crippen LogP contribution in [0.3, 0.4) is 0 Å². The largest absolute Gasteiger partial charge is 0.456 e. The number of halogens is 1. The van der Waals surface area contributed by atoms with E-state index in [4.69, 9.17) is 10.5 Å². The Morgan fingerprint density at radius 3 is 2.53 bits per heavy atom. The third-order valence-corrected chi connectivity index (χ3v) is 1.85. The number of aromatic nitrogens is 1. The summed E-state index contributed by atoms with van der Waals surface area (Å²) in [7, 11) is 0. The fourth-order valence-corrected chi connectivity index (χ4v) is 1.42. The Labute approximate surface area is 97.0 Å². The number of rotatable bonds is 1. The van der Waals surface area contributed by atoms with Gasteiger partial charge in [-0.05, 0) is 48.8 Å². The maximum atomic E-state index is 11.6. The molecule has 0 spiro atoms. The molecular formula is C10H13BrN2O2. The predicted molar refractivity (Wildman–Crippen MR) is 61.5 cm³/mol. The summed E-state index contributed by atoms with van der Waals surface area (Å²) in [5.41, 5.74) is 5.39. The van der Waals surface area contributed by atoms with E-state index in [0.29, 0.717) is 10.2 Å². The van der Waals surface area contributed by atoms with Crippen molar-refractivity contribution in [1.29, 1.82) is 0 Å². The van der Waals surface area contributed by atoms with Gasteiger partial charge in [0.25, 0.3) is 0 Å². The molecule has 0 fully saturated rings. The third-order valence-electron chi connectivity index (χ3n) is 1.45. The Morgan fingerprint density at radius 2 is 2.07 bits per heavy atom. The highest BCUT2D eigenvalue weighted by Gasteiger charge is 2.18. The molecule has 15 heavy (non-hydrogen) atoms. The molecule has 0 aliphatic rings. The lowest BCUT2D eigenvalue weighted by atomic mass is 10.2. The first-order valence-corrected chi connectivity index (χ1v) is 5.23. The molecule has 1 aromatic heterocycles. The molecule has 5 heteroatoms. The van der Waals surface area contributed by atoms with Crippen molar-refractivity contribution in [3.05, 3.63) is 22.3 Å². The molecule has 0 saturated heterocycles. The standard InChI is InChI=1S/C10H13BrN2O2/c1-10(2,3)15-9(14)6-4-7(11)13-8(12)5-6/h4-5H,1-3H3,(H2,12,13). The lowest BCUT2D eigenvalue weighted by Crippen LogP contribution is -2.24. The van der Waals surface area contributed by atoms with Crippen LogP contribution in [0.25, 0.3) is 0 Å². The van der Waals surface area contributed by atoms with Crippen molar-refractivity contribution in [1.82, 2.24) is 4.98 Å². The maximum absolute atomic E-state index is 11.6. The Balaban J connectivity index is 2.92. The molecule has 0 atom stereocenters. The smallest absolute Gasteiger partial charge is 0.338 e. The molecule has 0 radical (unpaired) electrons. The summed E-state index contributed by atoms with van der Waals surface area (Å²) in [6.45, 7) is 5.43. The van der Waals surface area contributed by atoms with Gasteiger partial charge in [-0.25, -0.2) is 9.78 Å². The normalized spacial score (nSPS) is 11.2. The number of hydrogen-bond acceptors (Lipinski definition) is 4. The number of esters is 1. The van der Waals surface area contributed by atoms with Gasteiger partial charge >= 0.3 is 5.97 Å². The zero-order chi connectivity index (χ0) is 11.6. The van der Waals surface area contributed by atoms with E-state index in [1.165, 1.54) is 6.07 Å². The summed E-state index contributed by atoms with van der Waals surface area (Å²) in [6.07, 6.45) is 0. The lowest BCUT2D eigenvalue weighted by molar-refractivity contribution is 0.00694. The molecule has 0 aliphatic heterocycles. The quantitative estimate of drug-likeness (QED) is 0.630. The number of carbonyl (C=O) groups is 1. The van der Waals surface area contributed by atoms with Gasteiger partial charge < -0.3 is 10.5 Å². The molecule has 0 amide bonds. The second-order valence-corrected chi connectivity index (χ2v) is 4.92. The van der Waals surface area contributed by atoms with Crippen LogP contribution < -0.4 is 5.73 Å². The Kier molecular flexibility index (Phi) is 3.34. The molecule has 0 aromatic carbocycles. The van der Waals surface area contributed by atoms with Crippen LogP contribution in [0, 0.1) is 0 Å². The molecule has 0 saturated carbocycles. The van der Waals surface area contributed by atoms with Gasteiger partial charge in [-0.2, -0.15) is 0 Å². The van der Waals surface area contributed by atoms with Crippen LogP contribution in [-0.4, -0.2) is 16.6 Å². The van der Waals surface area contributed by atoms with Gasteiger partial charge in [-0.3, -0.25) is 0 Å². The van der Waals surface area contributed by atoms with Crippen molar-refractivity contribution in [2.45, 2.75) is 26.4 Å². The molecule has 1 rings (SSSR count). The first kappa shape index (κ1) is 12.0. The Hall–Kier alpha value is -1.10. The van der Waals surface area contributed by atoms with E-state index in [-0.39, 0.29) is 5.82 Å². The van der Waals surface area contributed by atoms with E-state index in [0.717, 1.165) is 0 Å². The highest BCUT2D eigenvalue weighted by atomic mass is 79.9. The van der Waals surface area contributed by atoms with Crippen molar-refractivity contribution < 1.29 is 9.53 Å². The Bertz CT molecular complexity index is 365. The van der Waals surface area contributed by atoms with Crippen LogP contribution >= 0.6 is 15.9 Å². The van der Waals surface area contributed by atoms with Crippen molar-refractivity contribution in [2.75, 3.05) is 5.73 Å². The molecule has 1 heterocycles. The first-order chi connectivity index (χ1) is 6.78. The van der Waals surface area contributed by atoms with Crippen LogP contribution in [0.1, 0.15) is 31.1 Å². The average molecular weight is 273 g/mol.